The second-order valence-electron chi connectivity index (χ2n) is 2.51. The third-order valence-electron chi connectivity index (χ3n) is 1.51. The first-order valence-electron chi connectivity index (χ1n) is 3.49. The van der Waals surface area contributed by atoms with Gasteiger partial charge >= 0.3 is 5.97 Å². The van der Waals surface area contributed by atoms with Gasteiger partial charge in [-0.3, -0.25) is 0 Å². The molecular weight excluding hydrogens is 232 g/mol. The van der Waals surface area contributed by atoms with Crippen LogP contribution >= 0.6 is 10.7 Å². The summed E-state index contributed by atoms with van der Waals surface area (Å²) < 4.78 is 30.8. The highest BCUT2D eigenvalue weighted by Crippen LogP contribution is 2.22. The molecule has 0 aliphatic heterocycles. The van der Waals surface area contributed by atoms with E-state index in [0.717, 1.165) is 6.07 Å². The van der Waals surface area contributed by atoms with E-state index < -0.39 is 20.1 Å². The molecule has 0 unspecified atom stereocenters. The van der Waals surface area contributed by atoms with E-state index in [4.69, 9.17) is 15.1 Å². The van der Waals surface area contributed by atoms with Crippen LogP contribution in [0.5, 0.6) is 0 Å². The summed E-state index contributed by atoms with van der Waals surface area (Å²) >= 11 is 0. The lowest BCUT2D eigenvalue weighted by atomic mass is 10.3. The molecule has 0 atom stereocenters. The number of esters is 1. The van der Waals surface area contributed by atoms with Crippen molar-refractivity contribution in [1.82, 2.24) is 0 Å². The van der Waals surface area contributed by atoms with Gasteiger partial charge < -0.3 is 9.15 Å². The first kappa shape index (κ1) is 11.1. The lowest BCUT2D eigenvalue weighted by Crippen LogP contribution is -2.00. The summed E-state index contributed by atoms with van der Waals surface area (Å²) in [6, 6.07) is 1.16. The number of hydrogen-bond donors (Lipinski definition) is 0. The third-order valence-corrected chi connectivity index (χ3v) is 2.64. The summed E-state index contributed by atoms with van der Waals surface area (Å²) in [5.74, 6) is -0.902. The Morgan fingerprint density at radius 3 is 2.50 bits per heavy atom. The second kappa shape index (κ2) is 3.62. The highest BCUT2D eigenvalue weighted by Gasteiger charge is 2.22. The number of carbonyl (C=O) groups is 1. The number of methoxy groups -OCH3 is 1. The van der Waals surface area contributed by atoms with Crippen LogP contribution in [-0.4, -0.2) is 21.5 Å². The van der Waals surface area contributed by atoms with E-state index in [1.165, 1.54) is 14.0 Å². The Kier molecular flexibility index (Phi) is 2.86. The molecular formula is C7H7ClO5S. The van der Waals surface area contributed by atoms with Crippen LogP contribution in [0.3, 0.4) is 0 Å². The fourth-order valence-corrected chi connectivity index (χ4v) is 1.60. The van der Waals surface area contributed by atoms with Crippen LogP contribution < -0.4 is 0 Å². The highest BCUT2D eigenvalue weighted by atomic mass is 35.7. The van der Waals surface area contributed by atoms with Crippen molar-refractivity contribution in [3.8, 4) is 0 Å². The SMILES string of the molecule is COC(=O)c1oc(S(=O)(=O)Cl)cc1C. The van der Waals surface area contributed by atoms with Crippen LogP contribution in [0.2, 0.25) is 0 Å². The van der Waals surface area contributed by atoms with Gasteiger partial charge in [0.15, 0.2) is 0 Å². The van der Waals surface area contributed by atoms with Crippen LogP contribution in [0, 0.1) is 6.92 Å². The molecule has 0 saturated heterocycles. The van der Waals surface area contributed by atoms with Gasteiger partial charge in [0.2, 0.25) is 10.9 Å². The highest BCUT2D eigenvalue weighted by molar-refractivity contribution is 8.13. The van der Waals surface area contributed by atoms with Gasteiger partial charge in [-0.25, -0.2) is 13.2 Å². The Morgan fingerprint density at radius 2 is 2.14 bits per heavy atom. The molecule has 0 saturated carbocycles. The van der Waals surface area contributed by atoms with Gasteiger partial charge in [0.05, 0.1) is 7.11 Å². The number of aryl methyl sites for hydroxylation is 1. The third kappa shape index (κ3) is 2.08. The number of ether oxygens (including phenoxy) is 1. The molecule has 7 heteroatoms. The van der Waals surface area contributed by atoms with E-state index in [0.29, 0.717) is 5.56 Å². The average Bonchev–Trinajstić information content (AvgIpc) is 2.45. The Hall–Kier alpha value is -1.01. The van der Waals surface area contributed by atoms with E-state index in [1.54, 1.807) is 0 Å². The van der Waals surface area contributed by atoms with Gasteiger partial charge in [-0.1, -0.05) is 0 Å². The number of rotatable bonds is 2. The van der Waals surface area contributed by atoms with Gasteiger partial charge in [0, 0.05) is 22.3 Å². The molecule has 14 heavy (non-hydrogen) atoms. The van der Waals surface area contributed by atoms with Gasteiger partial charge in [-0.05, 0) is 6.92 Å². The summed E-state index contributed by atoms with van der Waals surface area (Å²) in [5, 5.41) is -0.461. The first-order chi connectivity index (χ1) is 6.36. The number of hydrogen-bond acceptors (Lipinski definition) is 5. The monoisotopic (exact) mass is 238 g/mol. The zero-order valence-electron chi connectivity index (χ0n) is 7.40. The van der Waals surface area contributed by atoms with Crippen LogP contribution in [0.4, 0.5) is 0 Å². The van der Waals surface area contributed by atoms with E-state index in [-0.39, 0.29) is 5.76 Å². The molecule has 0 aliphatic carbocycles. The van der Waals surface area contributed by atoms with E-state index in [1.807, 2.05) is 0 Å². The fraction of sp³-hybridized carbons (Fsp3) is 0.286. The minimum absolute atomic E-state index is 0.160. The summed E-state index contributed by atoms with van der Waals surface area (Å²) in [6.45, 7) is 1.52. The largest absolute Gasteiger partial charge is 0.463 e. The predicted octanol–water partition coefficient (Wildman–Crippen LogP) is 1.30. The minimum Gasteiger partial charge on any atom is -0.463 e. The summed E-state index contributed by atoms with van der Waals surface area (Å²) in [7, 11) is 2.24. The van der Waals surface area contributed by atoms with Crippen LogP contribution in [0.1, 0.15) is 16.1 Å². The molecule has 0 radical (unpaired) electrons. The Morgan fingerprint density at radius 1 is 1.57 bits per heavy atom. The molecule has 0 bridgehead atoms. The lowest BCUT2D eigenvalue weighted by Gasteiger charge is -1.94. The van der Waals surface area contributed by atoms with E-state index in [9.17, 15) is 13.2 Å². The molecule has 0 spiro atoms. The summed E-state index contributed by atoms with van der Waals surface area (Å²) in [6.07, 6.45) is 0. The Balaban J connectivity index is 3.25. The molecule has 0 aromatic carbocycles. The van der Waals surface area contributed by atoms with Crippen molar-refractivity contribution in [2.75, 3.05) is 7.11 Å². The van der Waals surface area contributed by atoms with Gasteiger partial charge in [-0.15, -0.1) is 0 Å². The zero-order valence-corrected chi connectivity index (χ0v) is 8.98. The topological polar surface area (TPSA) is 73.6 Å². The molecule has 0 aliphatic rings. The lowest BCUT2D eigenvalue weighted by molar-refractivity contribution is 0.0558. The van der Waals surface area contributed by atoms with Gasteiger partial charge in [-0.2, -0.15) is 0 Å². The molecule has 0 fully saturated rings. The number of halogens is 1. The van der Waals surface area contributed by atoms with Crippen molar-refractivity contribution < 1.29 is 22.4 Å². The second-order valence-corrected chi connectivity index (χ2v) is 5.00. The number of carbonyl (C=O) groups excluding carboxylic acids is 1. The number of furan rings is 1. The molecule has 1 aromatic heterocycles. The molecule has 1 heterocycles. The average molecular weight is 239 g/mol. The molecule has 78 valence electrons. The van der Waals surface area contributed by atoms with Crippen molar-refractivity contribution in [3.05, 3.63) is 17.4 Å². The Labute approximate surface area is 85.0 Å². The van der Waals surface area contributed by atoms with Gasteiger partial charge in [0.1, 0.15) is 0 Å². The van der Waals surface area contributed by atoms with E-state index in [2.05, 4.69) is 4.74 Å². The maximum Gasteiger partial charge on any atom is 0.374 e. The minimum atomic E-state index is -3.95. The van der Waals surface area contributed by atoms with Crippen molar-refractivity contribution in [2.45, 2.75) is 12.0 Å². The van der Waals surface area contributed by atoms with Crippen LogP contribution in [0.25, 0.3) is 0 Å². The molecule has 5 nitrogen and oxygen atoms in total. The maximum absolute atomic E-state index is 11.0. The Bertz CT molecular complexity index is 458. The van der Waals surface area contributed by atoms with Crippen molar-refractivity contribution in [1.29, 1.82) is 0 Å². The van der Waals surface area contributed by atoms with E-state index >= 15 is 0 Å². The van der Waals surface area contributed by atoms with Crippen molar-refractivity contribution >= 4 is 25.7 Å². The van der Waals surface area contributed by atoms with Crippen LogP contribution in [0.15, 0.2) is 15.6 Å². The summed E-state index contributed by atoms with van der Waals surface area (Å²) in [5.41, 5.74) is 0.357. The van der Waals surface area contributed by atoms with Crippen molar-refractivity contribution in [2.24, 2.45) is 0 Å². The quantitative estimate of drug-likeness (QED) is 0.574. The normalized spacial score (nSPS) is 11.4. The molecule has 1 rings (SSSR count). The summed E-state index contributed by atoms with van der Waals surface area (Å²) in [4.78, 5) is 11.0. The molecule has 0 N–H and O–H groups in total. The first-order valence-corrected chi connectivity index (χ1v) is 5.80. The standard InChI is InChI=1S/C7H7ClO5S/c1-4-3-5(14(8,10)11)13-6(4)7(9)12-2/h3H,1-2H3. The van der Waals surface area contributed by atoms with Gasteiger partial charge in [0.25, 0.3) is 9.05 Å². The maximum atomic E-state index is 11.0. The fourth-order valence-electron chi connectivity index (χ4n) is 0.868. The van der Waals surface area contributed by atoms with Crippen LogP contribution in [-0.2, 0) is 13.8 Å². The molecule has 0 amide bonds. The molecule has 1 aromatic rings. The smallest absolute Gasteiger partial charge is 0.374 e. The zero-order chi connectivity index (χ0) is 10.9. The van der Waals surface area contributed by atoms with Crippen molar-refractivity contribution in [3.63, 3.8) is 0 Å². The predicted molar refractivity (Wildman–Crippen MR) is 47.8 cm³/mol.